The Morgan fingerprint density at radius 3 is 2.52 bits per heavy atom. The first kappa shape index (κ1) is 20.3. The summed E-state index contributed by atoms with van der Waals surface area (Å²) in [7, 11) is 0. The molecule has 8 heteroatoms. The topological polar surface area (TPSA) is 127 Å². The second-order valence-corrected chi connectivity index (χ2v) is 7.27. The summed E-state index contributed by atoms with van der Waals surface area (Å²) >= 11 is 6.01. The minimum atomic E-state index is -1.75. The predicted molar refractivity (Wildman–Crippen MR) is 105 cm³/mol. The first-order valence-electron chi connectivity index (χ1n) is 9.03. The van der Waals surface area contributed by atoms with Crippen molar-refractivity contribution in [1.29, 1.82) is 15.8 Å². The van der Waals surface area contributed by atoms with E-state index >= 15 is 0 Å². The molecule has 2 atom stereocenters. The number of nitriles is 3. The van der Waals surface area contributed by atoms with Crippen LogP contribution in [0.1, 0.15) is 18.4 Å². The molecule has 1 aliphatic carbocycles. The summed E-state index contributed by atoms with van der Waals surface area (Å²) in [4.78, 5) is 13.8. The Morgan fingerprint density at radius 2 is 1.97 bits per heavy atom. The van der Waals surface area contributed by atoms with E-state index in [1.165, 1.54) is 4.90 Å². The van der Waals surface area contributed by atoms with Crippen molar-refractivity contribution in [3.05, 3.63) is 57.8 Å². The van der Waals surface area contributed by atoms with Crippen LogP contribution in [0.25, 0.3) is 0 Å². The van der Waals surface area contributed by atoms with Gasteiger partial charge in [-0.3, -0.25) is 0 Å². The average Bonchev–Trinajstić information content (AvgIpc) is 2.74. The molecule has 29 heavy (non-hydrogen) atoms. The van der Waals surface area contributed by atoms with E-state index in [4.69, 9.17) is 22.1 Å². The number of hydrogen-bond donors (Lipinski definition) is 1. The van der Waals surface area contributed by atoms with Gasteiger partial charge in [-0.15, -0.1) is 0 Å². The zero-order chi connectivity index (χ0) is 21.2. The van der Waals surface area contributed by atoms with Crippen LogP contribution in [0.15, 0.2) is 47.2 Å². The number of hydrogen-bond acceptors (Lipinski definition) is 6. The van der Waals surface area contributed by atoms with E-state index in [0.29, 0.717) is 16.2 Å². The lowest BCUT2D eigenvalue weighted by Gasteiger charge is -2.45. The zero-order valence-electron chi connectivity index (χ0n) is 15.7. The van der Waals surface area contributed by atoms with Gasteiger partial charge in [0.1, 0.15) is 6.07 Å². The fourth-order valence-corrected chi connectivity index (χ4v) is 4.22. The van der Waals surface area contributed by atoms with Gasteiger partial charge < -0.3 is 15.4 Å². The normalized spacial score (nSPS) is 22.4. The molecule has 1 aromatic carbocycles. The molecule has 0 spiro atoms. The molecule has 1 heterocycles. The SMILES string of the molecule is CCOC(=O)N1CC=C2C(C#N)=C(N)C(C#N)(C#N)C(c3ccc(Cl)cc3)C2C1. The van der Waals surface area contributed by atoms with Crippen molar-refractivity contribution in [3.63, 3.8) is 0 Å². The first-order valence-corrected chi connectivity index (χ1v) is 9.41. The van der Waals surface area contributed by atoms with Crippen molar-refractivity contribution in [2.45, 2.75) is 12.8 Å². The first-order chi connectivity index (χ1) is 13.9. The summed E-state index contributed by atoms with van der Waals surface area (Å²) in [5.41, 5.74) is 5.88. The molecule has 1 aromatic rings. The van der Waals surface area contributed by atoms with E-state index < -0.39 is 23.3 Å². The monoisotopic (exact) mass is 407 g/mol. The third kappa shape index (κ3) is 3.18. The standard InChI is InChI=1S/C21H18ClN5O2/c1-2-29-20(28)27-8-7-15-16(9-23)19(26)21(11-24,12-25)18(17(15)10-27)13-3-5-14(22)6-4-13/h3-7,17-18H,2,8,10,26H2,1H3. The molecule has 7 nitrogen and oxygen atoms in total. The van der Waals surface area contributed by atoms with Gasteiger partial charge >= 0.3 is 6.09 Å². The van der Waals surface area contributed by atoms with Gasteiger partial charge in [0, 0.05) is 29.9 Å². The van der Waals surface area contributed by atoms with Gasteiger partial charge in [-0.1, -0.05) is 29.8 Å². The lowest BCUT2D eigenvalue weighted by atomic mass is 9.58. The van der Waals surface area contributed by atoms with Crippen molar-refractivity contribution >= 4 is 17.7 Å². The van der Waals surface area contributed by atoms with Crippen LogP contribution in [0.2, 0.25) is 5.02 Å². The van der Waals surface area contributed by atoms with Crippen molar-refractivity contribution in [3.8, 4) is 18.2 Å². The molecular formula is C21H18ClN5O2. The molecule has 0 radical (unpaired) electrons. The van der Waals surface area contributed by atoms with Crippen molar-refractivity contribution in [2.75, 3.05) is 19.7 Å². The van der Waals surface area contributed by atoms with Crippen molar-refractivity contribution in [1.82, 2.24) is 4.90 Å². The van der Waals surface area contributed by atoms with Gasteiger partial charge in [0.25, 0.3) is 0 Å². The number of nitrogens with zero attached hydrogens (tertiary/aromatic N) is 4. The maximum atomic E-state index is 12.3. The number of benzene rings is 1. The molecule has 0 aromatic heterocycles. The second kappa shape index (κ2) is 7.87. The number of carbonyl (C=O) groups is 1. The summed E-state index contributed by atoms with van der Waals surface area (Å²) in [5.74, 6) is -1.16. The highest BCUT2D eigenvalue weighted by molar-refractivity contribution is 6.30. The van der Waals surface area contributed by atoms with E-state index in [2.05, 4.69) is 18.2 Å². The van der Waals surface area contributed by atoms with E-state index in [-0.39, 0.29) is 31.0 Å². The Morgan fingerprint density at radius 1 is 1.31 bits per heavy atom. The number of halogens is 1. The molecule has 2 aliphatic rings. The average molecular weight is 408 g/mol. The minimum absolute atomic E-state index is 0.0583. The molecule has 0 fully saturated rings. The molecular weight excluding hydrogens is 390 g/mol. The van der Waals surface area contributed by atoms with Gasteiger partial charge in [0.2, 0.25) is 0 Å². The highest BCUT2D eigenvalue weighted by Crippen LogP contribution is 2.54. The summed E-state index contributed by atoms with van der Waals surface area (Å²) < 4.78 is 5.11. The van der Waals surface area contributed by atoms with Gasteiger partial charge in [-0.25, -0.2) is 4.79 Å². The number of allylic oxidation sites excluding steroid dienone is 2. The maximum absolute atomic E-state index is 12.3. The van der Waals surface area contributed by atoms with Crippen molar-refractivity contribution < 1.29 is 9.53 Å². The highest BCUT2D eigenvalue weighted by atomic mass is 35.5. The molecule has 2 N–H and O–H groups in total. The molecule has 2 unspecified atom stereocenters. The van der Waals surface area contributed by atoms with Crippen LogP contribution in [0.5, 0.6) is 0 Å². The van der Waals surface area contributed by atoms with Crippen LogP contribution >= 0.6 is 11.6 Å². The molecule has 146 valence electrons. The molecule has 0 saturated carbocycles. The summed E-state index contributed by atoms with van der Waals surface area (Å²) in [5, 5.41) is 30.2. The fraction of sp³-hybridized carbons (Fsp3) is 0.333. The van der Waals surface area contributed by atoms with Crippen LogP contribution in [0.3, 0.4) is 0 Å². The molecule has 1 aliphatic heterocycles. The lowest BCUT2D eigenvalue weighted by molar-refractivity contribution is 0.0999. The smallest absolute Gasteiger partial charge is 0.410 e. The van der Waals surface area contributed by atoms with E-state index in [1.54, 1.807) is 37.3 Å². The molecule has 0 bridgehead atoms. The number of amides is 1. The fourth-order valence-electron chi connectivity index (χ4n) is 4.09. The van der Waals surface area contributed by atoms with Crippen LogP contribution in [0, 0.1) is 45.3 Å². The summed E-state index contributed by atoms with van der Waals surface area (Å²) in [6, 6.07) is 13.0. The predicted octanol–water partition coefficient (Wildman–Crippen LogP) is 3.22. The minimum Gasteiger partial charge on any atom is -0.450 e. The molecule has 3 rings (SSSR count). The number of rotatable bonds is 2. The number of carbonyl (C=O) groups excluding carboxylic acids is 1. The van der Waals surface area contributed by atoms with E-state index in [9.17, 15) is 20.6 Å². The largest absolute Gasteiger partial charge is 0.450 e. The summed E-state index contributed by atoms with van der Waals surface area (Å²) in [6.07, 6.45) is 1.26. The highest BCUT2D eigenvalue weighted by Gasteiger charge is 2.54. The Hall–Kier alpha value is -3.47. The number of fused-ring (bicyclic) bond motifs is 1. The van der Waals surface area contributed by atoms with Crippen LogP contribution in [-0.4, -0.2) is 30.7 Å². The molecule has 0 saturated heterocycles. The van der Waals surface area contributed by atoms with Crippen molar-refractivity contribution in [2.24, 2.45) is 17.1 Å². The van der Waals surface area contributed by atoms with E-state index in [1.807, 2.05) is 0 Å². The Labute approximate surface area is 173 Å². The number of ether oxygens (including phenoxy) is 1. The van der Waals surface area contributed by atoms with Crippen LogP contribution in [-0.2, 0) is 4.74 Å². The van der Waals surface area contributed by atoms with Gasteiger partial charge in [0.05, 0.1) is 30.0 Å². The van der Waals surface area contributed by atoms with Gasteiger partial charge in [-0.2, -0.15) is 15.8 Å². The summed E-state index contributed by atoms with van der Waals surface area (Å²) in [6.45, 7) is 2.39. The Bertz CT molecular complexity index is 1010. The van der Waals surface area contributed by atoms with Gasteiger partial charge in [0.15, 0.2) is 5.41 Å². The lowest BCUT2D eigenvalue weighted by Crippen LogP contribution is -2.49. The second-order valence-electron chi connectivity index (χ2n) is 6.83. The number of nitrogens with two attached hydrogens (primary N) is 1. The third-order valence-electron chi connectivity index (χ3n) is 5.42. The Balaban J connectivity index is 2.23. The van der Waals surface area contributed by atoms with Crippen LogP contribution < -0.4 is 5.73 Å². The third-order valence-corrected chi connectivity index (χ3v) is 5.67. The quantitative estimate of drug-likeness (QED) is 0.801. The Kier molecular flexibility index (Phi) is 5.50. The van der Waals surface area contributed by atoms with E-state index in [0.717, 1.165) is 0 Å². The zero-order valence-corrected chi connectivity index (χ0v) is 16.5. The van der Waals surface area contributed by atoms with Gasteiger partial charge in [-0.05, 0) is 30.2 Å². The molecule has 1 amide bonds. The van der Waals surface area contributed by atoms with Crippen LogP contribution in [0.4, 0.5) is 4.79 Å². The maximum Gasteiger partial charge on any atom is 0.410 e.